The summed E-state index contributed by atoms with van der Waals surface area (Å²) < 4.78 is 0. The van der Waals surface area contributed by atoms with Crippen molar-refractivity contribution >= 4 is 61.4 Å². The van der Waals surface area contributed by atoms with Gasteiger partial charge in [0.05, 0.1) is 8.07 Å². The summed E-state index contributed by atoms with van der Waals surface area (Å²) in [6.07, 6.45) is 2.29. The summed E-state index contributed by atoms with van der Waals surface area (Å²) in [7, 11) is 9.74. The van der Waals surface area contributed by atoms with Crippen molar-refractivity contribution in [3.63, 3.8) is 0 Å². The Morgan fingerprint density at radius 3 is 1.62 bits per heavy atom. The average molecular weight is 815 g/mol. The third-order valence-corrected chi connectivity index (χ3v) is 11.4. The van der Waals surface area contributed by atoms with Crippen LogP contribution in [0.1, 0.15) is 70.6 Å². The molecule has 0 aliphatic carbocycles. The minimum atomic E-state index is -1.21. The van der Waals surface area contributed by atoms with Crippen LogP contribution in [-0.4, -0.2) is 17.6 Å². The number of benzene rings is 4. The third kappa shape index (κ3) is 11.5. The molecule has 6 aromatic rings. The fraction of sp³-hybridized carbons (Fsp3) is 0.333. The number of halogens is 2. The number of rotatable bonds is 6. The molecule has 2 radical (unpaired) electrons. The Balaban J connectivity index is 0.000000235. The van der Waals surface area contributed by atoms with Gasteiger partial charge in [-0.2, -0.15) is 12.1 Å². The van der Waals surface area contributed by atoms with Gasteiger partial charge >= 0.3 is 37.9 Å². The summed E-state index contributed by atoms with van der Waals surface area (Å²) in [5.74, 6) is 0.624. The molecule has 1 unspecified atom stereocenters. The molecule has 0 amide bonds. The average Bonchev–Trinajstić information content (AvgIpc) is 3.73. The molecule has 50 heavy (non-hydrogen) atoms. The van der Waals surface area contributed by atoms with E-state index in [1.165, 1.54) is 72.1 Å². The van der Waals surface area contributed by atoms with Crippen molar-refractivity contribution in [2.75, 3.05) is 0 Å². The quantitative estimate of drug-likeness (QED) is 0.116. The van der Waals surface area contributed by atoms with Gasteiger partial charge in [-0.05, 0) is 34.4 Å². The standard InChI is InChI=1S/C23H27.C20H23Si.C2H6Si.2ClH.Zr/c1-6-16(2)19-14-18-8-7-9-21(22(18)15-19)17-10-12-20(13-11-17)23(3,4)5;1-5-15-13-17-7-6-8-19(20(17)14-15)16-9-11-18(12-10-16)21(2,3)4;1-3-2;;;/h7-16H,6H2,1-5H3;6-14H,5H2,1-4H3;1-2H3;2*1H;/q2*-1;;;;+4/p-2. The first-order valence-corrected chi connectivity index (χ1v) is 29.7. The Hall–Kier alpha value is -2.00. The van der Waals surface area contributed by atoms with E-state index in [0.29, 0.717) is 5.92 Å². The van der Waals surface area contributed by atoms with Gasteiger partial charge < -0.3 is 0 Å². The molecule has 6 rings (SSSR count). The Morgan fingerprint density at radius 1 is 0.720 bits per heavy atom. The molecule has 0 fully saturated rings. The molecule has 0 saturated heterocycles. The van der Waals surface area contributed by atoms with Crippen LogP contribution in [0.3, 0.4) is 0 Å². The number of fused-ring (bicyclic) bond motifs is 2. The zero-order valence-corrected chi connectivity index (χ0v) is 38.1. The van der Waals surface area contributed by atoms with E-state index in [4.69, 9.17) is 17.0 Å². The molecule has 0 aliphatic rings. The second-order valence-corrected chi connectivity index (χ2v) is 25.0. The monoisotopic (exact) mass is 812 g/mol. The van der Waals surface area contributed by atoms with E-state index >= 15 is 0 Å². The second kappa shape index (κ2) is 19.7. The van der Waals surface area contributed by atoms with Gasteiger partial charge in [-0.1, -0.05) is 158 Å². The summed E-state index contributed by atoms with van der Waals surface area (Å²) in [5, 5.41) is 7.01. The SMILES string of the molecule is CCC(C)c1cc2c(-c3ccc(C(C)(C)C)cc3)cccc2[cH-]1.CCc1cc2c(-c3ccc([Si](C)(C)C)cc3)cccc2[cH-]1.C[Si]C.[Cl][Zr+2][Cl]. The van der Waals surface area contributed by atoms with Gasteiger partial charge in [-0.15, -0.1) is 69.1 Å². The van der Waals surface area contributed by atoms with Crippen LogP contribution in [0.4, 0.5) is 0 Å². The van der Waals surface area contributed by atoms with E-state index in [0.717, 1.165) is 15.9 Å². The zero-order chi connectivity index (χ0) is 37.1. The van der Waals surface area contributed by atoms with Crippen LogP contribution in [0.15, 0.2) is 109 Å². The maximum absolute atomic E-state index is 4.93. The molecule has 0 bridgehead atoms. The molecule has 0 aromatic heterocycles. The molecule has 1 atom stereocenters. The Bertz CT molecular complexity index is 1880. The fourth-order valence-electron chi connectivity index (χ4n) is 6.08. The van der Waals surface area contributed by atoms with Crippen LogP contribution in [0.2, 0.25) is 32.7 Å². The van der Waals surface area contributed by atoms with Crippen molar-refractivity contribution in [3.8, 4) is 22.3 Å². The molecule has 6 aromatic carbocycles. The summed E-state index contributed by atoms with van der Waals surface area (Å²) in [5.41, 5.74) is 9.82. The van der Waals surface area contributed by atoms with E-state index in [2.05, 4.69) is 183 Å². The topological polar surface area (TPSA) is 0 Å². The van der Waals surface area contributed by atoms with Crippen LogP contribution >= 0.6 is 17.0 Å². The normalized spacial score (nSPS) is 11.8. The predicted octanol–water partition coefficient (Wildman–Crippen LogP) is 14.5. The number of aryl methyl sites for hydroxylation is 1. The van der Waals surface area contributed by atoms with Crippen molar-refractivity contribution in [2.45, 2.75) is 98.5 Å². The van der Waals surface area contributed by atoms with Crippen molar-refractivity contribution in [2.24, 2.45) is 0 Å². The van der Waals surface area contributed by atoms with Crippen LogP contribution in [0.25, 0.3) is 43.8 Å². The molecule has 5 heteroatoms. The minimum absolute atomic E-state index is 0.203. The van der Waals surface area contributed by atoms with Gasteiger partial charge in [0, 0.05) is 9.52 Å². The first-order valence-electron chi connectivity index (χ1n) is 17.9. The van der Waals surface area contributed by atoms with Crippen LogP contribution < -0.4 is 5.19 Å². The fourth-order valence-corrected chi connectivity index (χ4v) is 7.25. The predicted molar refractivity (Wildman–Crippen MR) is 229 cm³/mol. The molecular formula is C45H56Cl2Si2Zr. The van der Waals surface area contributed by atoms with Crippen molar-refractivity contribution in [1.82, 2.24) is 0 Å². The van der Waals surface area contributed by atoms with E-state index < -0.39 is 28.9 Å². The first-order chi connectivity index (χ1) is 23.7. The summed E-state index contributed by atoms with van der Waals surface area (Å²) in [6, 6.07) is 41.0. The van der Waals surface area contributed by atoms with Gasteiger partial charge in [-0.3, -0.25) is 0 Å². The summed E-state index contributed by atoms with van der Waals surface area (Å²) in [6.45, 7) is 25.1. The molecule has 0 aliphatic heterocycles. The molecule has 262 valence electrons. The van der Waals surface area contributed by atoms with E-state index in [9.17, 15) is 0 Å². The molecule has 0 heterocycles. The van der Waals surface area contributed by atoms with Crippen molar-refractivity contribution < 1.29 is 20.8 Å². The van der Waals surface area contributed by atoms with E-state index in [1.807, 2.05) is 0 Å². The summed E-state index contributed by atoms with van der Waals surface area (Å²) in [4.78, 5) is 0. The van der Waals surface area contributed by atoms with Gasteiger partial charge in [0.15, 0.2) is 0 Å². The van der Waals surface area contributed by atoms with Gasteiger partial charge in [0.25, 0.3) is 0 Å². The van der Waals surface area contributed by atoms with Crippen molar-refractivity contribution in [1.29, 1.82) is 0 Å². The van der Waals surface area contributed by atoms with Gasteiger partial charge in [0.2, 0.25) is 0 Å². The molecule has 0 saturated carbocycles. The van der Waals surface area contributed by atoms with Gasteiger partial charge in [-0.25, -0.2) is 0 Å². The maximum atomic E-state index is 4.93. The van der Waals surface area contributed by atoms with Gasteiger partial charge in [0.1, 0.15) is 0 Å². The molecular weight excluding hydrogens is 759 g/mol. The van der Waals surface area contributed by atoms with Crippen molar-refractivity contribution in [3.05, 3.63) is 126 Å². The first kappa shape index (κ1) is 42.4. The third-order valence-electron chi connectivity index (χ3n) is 9.30. The number of hydrogen-bond donors (Lipinski definition) is 0. The summed E-state index contributed by atoms with van der Waals surface area (Å²) >= 11 is -0.826. The van der Waals surface area contributed by atoms with E-state index in [1.54, 1.807) is 0 Å². The number of hydrogen-bond acceptors (Lipinski definition) is 0. The Morgan fingerprint density at radius 2 is 1.18 bits per heavy atom. The Labute approximate surface area is 326 Å². The van der Waals surface area contributed by atoms with Crippen LogP contribution in [0.5, 0.6) is 0 Å². The Kier molecular flexibility index (Phi) is 16.7. The second-order valence-electron chi connectivity index (χ2n) is 15.2. The zero-order valence-electron chi connectivity index (χ0n) is 32.1. The van der Waals surface area contributed by atoms with Crippen LogP contribution in [0, 0.1) is 0 Å². The van der Waals surface area contributed by atoms with Crippen LogP contribution in [-0.2, 0) is 32.7 Å². The molecule has 0 N–H and O–H groups in total. The van der Waals surface area contributed by atoms with E-state index in [-0.39, 0.29) is 5.41 Å². The molecule has 0 nitrogen and oxygen atoms in total. The molecule has 0 spiro atoms.